The van der Waals surface area contributed by atoms with E-state index in [0.29, 0.717) is 18.2 Å². The van der Waals surface area contributed by atoms with Crippen LogP contribution in [0.15, 0.2) is 42.7 Å². The van der Waals surface area contributed by atoms with Gasteiger partial charge in [-0.1, -0.05) is 36.8 Å². The van der Waals surface area contributed by atoms with E-state index in [4.69, 9.17) is 4.74 Å². The van der Waals surface area contributed by atoms with Crippen LogP contribution in [-0.2, 0) is 10.3 Å². The van der Waals surface area contributed by atoms with Gasteiger partial charge in [0.15, 0.2) is 0 Å². The maximum absolute atomic E-state index is 12.9. The zero-order valence-corrected chi connectivity index (χ0v) is 21.9. The molecule has 1 saturated heterocycles. The smallest absolute Gasteiger partial charge is 0.316 e. The van der Waals surface area contributed by atoms with Crippen LogP contribution in [0.1, 0.15) is 50.5 Å². The molecule has 8 heteroatoms. The maximum atomic E-state index is 12.9. The molecule has 3 aliphatic rings. The van der Waals surface area contributed by atoms with Gasteiger partial charge in [0.1, 0.15) is 0 Å². The molecule has 1 aliphatic heterocycles. The standard InChI is InChI=1S/C28H40N6O2/c1-32(2)28(23-10-5-4-6-11-23)14-12-27(13-15-28)20-33(21-34(27)18-22-8-7-9-22)19-25(35)31-24-16-29-26(36-3)30-17-24/h4-6,10-11,16-17,22H,7-9,12-15,18-21H2,1-3H3,(H,31,35). The second-order valence-corrected chi connectivity index (χ2v) is 11.2. The van der Waals surface area contributed by atoms with Gasteiger partial charge in [-0.2, -0.15) is 0 Å². The van der Waals surface area contributed by atoms with Crippen LogP contribution < -0.4 is 10.1 Å². The van der Waals surface area contributed by atoms with Crippen molar-refractivity contribution >= 4 is 11.6 Å². The van der Waals surface area contributed by atoms with Crippen molar-refractivity contribution in [1.29, 1.82) is 0 Å². The zero-order valence-electron chi connectivity index (χ0n) is 21.9. The third kappa shape index (κ3) is 4.99. The first-order valence-corrected chi connectivity index (χ1v) is 13.3. The molecular formula is C28H40N6O2. The average Bonchev–Trinajstić information content (AvgIpc) is 3.18. The van der Waals surface area contributed by atoms with Gasteiger partial charge in [0.2, 0.25) is 5.91 Å². The predicted octanol–water partition coefficient (Wildman–Crippen LogP) is 3.57. The normalized spacial score (nSPS) is 27.3. The quantitative estimate of drug-likeness (QED) is 0.604. The molecule has 8 nitrogen and oxygen atoms in total. The van der Waals surface area contributed by atoms with Crippen molar-refractivity contribution in [1.82, 2.24) is 24.7 Å². The minimum atomic E-state index is -0.0212. The van der Waals surface area contributed by atoms with Crippen molar-refractivity contribution < 1.29 is 9.53 Å². The van der Waals surface area contributed by atoms with Crippen LogP contribution in [0.5, 0.6) is 6.01 Å². The van der Waals surface area contributed by atoms with E-state index in [-0.39, 0.29) is 17.0 Å². The first kappa shape index (κ1) is 25.1. The molecule has 36 heavy (non-hydrogen) atoms. The van der Waals surface area contributed by atoms with Gasteiger partial charge < -0.3 is 10.1 Å². The summed E-state index contributed by atoms with van der Waals surface area (Å²) in [7, 11) is 5.98. The summed E-state index contributed by atoms with van der Waals surface area (Å²) in [5.41, 5.74) is 2.24. The largest absolute Gasteiger partial charge is 0.467 e. The summed E-state index contributed by atoms with van der Waals surface area (Å²) in [6.45, 7) is 3.35. The highest BCUT2D eigenvalue weighted by Gasteiger charge is 2.51. The van der Waals surface area contributed by atoms with Gasteiger partial charge in [-0.15, -0.1) is 0 Å². The maximum Gasteiger partial charge on any atom is 0.316 e. The Morgan fingerprint density at radius 2 is 1.81 bits per heavy atom. The second kappa shape index (κ2) is 10.4. The van der Waals surface area contributed by atoms with Crippen LogP contribution >= 0.6 is 0 Å². The highest BCUT2D eigenvalue weighted by atomic mass is 16.5. The van der Waals surface area contributed by atoms with Crippen molar-refractivity contribution in [2.24, 2.45) is 5.92 Å². The van der Waals surface area contributed by atoms with Crippen molar-refractivity contribution in [3.63, 3.8) is 0 Å². The fourth-order valence-corrected chi connectivity index (χ4v) is 6.54. The summed E-state index contributed by atoms with van der Waals surface area (Å²) in [4.78, 5) is 28.6. The Hall–Kier alpha value is -2.55. The summed E-state index contributed by atoms with van der Waals surface area (Å²) < 4.78 is 5.01. The molecule has 2 aliphatic carbocycles. The highest BCUT2D eigenvalue weighted by Crippen LogP contribution is 2.49. The number of nitrogens with zero attached hydrogens (tertiary/aromatic N) is 5. The van der Waals surface area contributed by atoms with Crippen molar-refractivity contribution in [2.45, 2.75) is 56.0 Å². The van der Waals surface area contributed by atoms with Crippen LogP contribution in [0.3, 0.4) is 0 Å². The summed E-state index contributed by atoms with van der Waals surface area (Å²) in [6, 6.07) is 11.3. The number of hydrogen-bond donors (Lipinski definition) is 1. The van der Waals surface area contributed by atoms with Gasteiger partial charge in [-0.3, -0.25) is 19.5 Å². The monoisotopic (exact) mass is 492 g/mol. The first-order valence-electron chi connectivity index (χ1n) is 13.3. The molecule has 1 N–H and O–H groups in total. The molecule has 1 spiro atoms. The second-order valence-electron chi connectivity index (χ2n) is 11.2. The molecule has 194 valence electrons. The zero-order chi connectivity index (χ0) is 25.2. The van der Waals surface area contributed by atoms with E-state index in [1.54, 1.807) is 12.4 Å². The van der Waals surface area contributed by atoms with Gasteiger partial charge in [-0.05, 0) is 64.1 Å². The van der Waals surface area contributed by atoms with Crippen molar-refractivity contribution in [3.05, 3.63) is 48.3 Å². The number of ether oxygens (including phenoxy) is 1. The van der Waals surface area contributed by atoms with E-state index < -0.39 is 0 Å². The molecule has 2 aromatic rings. The SMILES string of the molecule is COc1ncc(NC(=O)CN2CN(CC3CCC3)C3(CCC(c4ccccc4)(N(C)C)CC3)C2)cn1. The van der Waals surface area contributed by atoms with E-state index in [1.165, 1.54) is 31.9 Å². The lowest BCUT2D eigenvalue weighted by atomic mass is 9.68. The number of carbonyl (C=O) groups excluding carboxylic acids is 1. The lowest BCUT2D eigenvalue weighted by molar-refractivity contribution is -0.117. The average molecular weight is 493 g/mol. The van der Waals surface area contributed by atoms with E-state index in [2.05, 4.69) is 74.4 Å². The number of methoxy groups -OCH3 is 1. The Morgan fingerprint density at radius 1 is 1.11 bits per heavy atom. The van der Waals surface area contributed by atoms with E-state index >= 15 is 0 Å². The molecular weight excluding hydrogens is 452 g/mol. The lowest BCUT2D eigenvalue weighted by Crippen LogP contribution is -2.56. The number of amides is 1. The number of anilines is 1. The van der Waals surface area contributed by atoms with E-state index in [9.17, 15) is 4.79 Å². The summed E-state index contributed by atoms with van der Waals surface area (Å²) in [5.74, 6) is 0.786. The molecule has 1 aromatic carbocycles. The topological polar surface area (TPSA) is 73.8 Å². The molecule has 0 atom stereocenters. The molecule has 1 amide bonds. The third-order valence-corrected chi connectivity index (χ3v) is 8.90. The van der Waals surface area contributed by atoms with Gasteiger partial charge in [-0.25, -0.2) is 9.97 Å². The molecule has 1 aromatic heterocycles. The minimum Gasteiger partial charge on any atom is -0.467 e. The Labute approximate surface area is 215 Å². The third-order valence-electron chi connectivity index (χ3n) is 8.90. The highest BCUT2D eigenvalue weighted by molar-refractivity contribution is 5.91. The van der Waals surface area contributed by atoms with Crippen LogP contribution in [0.4, 0.5) is 5.69 Å². The lowest BCUT2D eigenvalue weighted by Gasteiger charge is -2.52. The van der Waals surface area contributed by atoms with Crippen LogP contribution in [0.25, 0.3) is 0 Å². The van der Waals surface area contributed by atoms with Gasteiger partial charge in [0.05, 0.1) is 38.4 Å². The Kier molecular flexibility index (Phi) is 7.28. The van der Waals surface area contributed by atoms with E-state index in [1.807, 2.05) is 0 Å². The summed E-state index contributed by atoms with van der Waals surface area (Å²) in [5, 5.41) is 2.95. The fraction of sp³-hybridized carbons (Fsp3) is 0.607. The fourth-order valence-electron chi connectivity index (χ4n) is 6.54. The molecule has 3 fully saturated rings. The summed E-state index contributed by atoms with van der Waals surface area (Å²) >= 11 is 0. The number of hydrogen-bond acceptors (Lipinski definition) is 7. The minimum absolute atomic E-state index is 0.0212. The number of nitrogens with one attached hydrogen (secondary N) is 1. The molecule has 0 bridgehead atoms. The van der Waals surface area contributed by atoms with Gasteiger partial charge in [0, 0.05) is 24.2 Å². The molecule has 2 saturated carbocycles. The number of rotatable bonds is 8. The van der Waals surface area contributed by atoms with Gasteiger partial charge >= 0.3 is 6.01 Å². The predicted molar refractivity (Wildman–Crippen MR) is 141 cm³/mol. The van der Waals surface area contributed by atoms with E-state index in [0.717, 1.165) is 51.4 Å². The Bertz CT molecular complexity index is 1020. The van der Waals surface area contributed by atoms with Crippen LogP contribution in [-0.4, -0.2) is 83.6 Å². The van der Waals surface area contributed by atoms with Crippen molar-refractivity contribution in [3.8, 4) is 6.01 Å². The first-order chi connectivity index (χ1) is 17.4. The number of benzene rings is 1. The molecule has 0 unspecified atom stereocenters. The Morgan fingerprint density at radius 3 is 2.39 bits per heavy atom. The number of carbonyl (C=O) groups is 1. The summed E-state index contributed by atoms with van der Waals surface area (Å²) in [6.07, 6.45) is 11.8. The van der Waals surface area contributed by atoms with Gasteiger partial charge in [0.25, 0.3) is 0 Å². The van der Waals surface area contributed by atoms with Crippen LogP contribution in [0.2, 0.25) is 0 Å². The molecule has 0 radical (unpaired) electrons. The molecule has 2 heterocycles. The van der Waals surface area contributed by atoms with Crippen molar-refractivity contribution in [2.75, 3.05) is 52.8 Å². The molecule has 5 rings (SSSR count). The number of aromatic nitrogens is 2. The van der Waals surface area contributed by atoms with Crippen LogP contribution in [0, 0.1) is 5.92 Å². The Balaban J connectivity index is 1.28.